The van der Waals surface area contributed by atoms with Crippen LogP contribution in [0.4, 0.5) is 0 Å². The summed E-state index contributed by atoms with van der Waals surface area (Å²) in [6.45, 7) is 3.56. The van der Waals surface area contributed by atoms with E-state index in [1.165, 1.54) is 0 Å². The summed E-state index contributed by atoms with van der Waals surface area (Å²) in [5, 5.41) is 0.515. The minimum absolute atomic E-state index is 0.515. The highest BCUT2D eigenvalue weighted by atomic mass is 35.5. The molecule has 1 aromatic rings. The summed E-state index contributed by atoms with van der Waals surface area (Å²) in [6.07, 6.45) is 5.28. The topological polar surface area (TPSA) is 12.9 Å². The van der Waals surface area contributed by atoms with E-state index in [1.54, 1.807) is 18.3 Å². The highest BCUT2D eigenvalue weighted by Crippen LogP contribution is 2.05. The summed E-state index contributed by atoms with van der Waals surface area (Å²) in [7, 11) is 0. The number of rotatable bonds is 1. The Morgan fingerprint density at radius 1 is 1.50 bits per heavy atom. The molecule has 0 amide bonds. The first-order valence-corrected chi connectivity index (χ1v) is 3.28. The molecule has 0 atom stereocenters. The summed E-state index contributed by atoms with van der Waals surface area (Å²) in [5.74, 6) is 0. The minimum Gasteiger partial charge on any atom is -0.244 e. The van der Waals surface area contributed by atoms with Crippen molar-refractivity contribution in [2.24, 2.45) is 0 Å². The zero-order valence-corrected chi connectivity index (χ0v) is 6.17. The third-order valence-corrected chi connectivity index (χ3v) is 1.28. The van der Waals surface area contributed by atoms with Crippen molar-refractivity contribution in [1.82, 2.24) is 4.98 Å². The Labute approximate surface area is 65.4 Å². The summed E-state index contributed by atoms with van der Waals surface area (Å²) in [6, 6.07) is 3.63. The number of aromatic nitrogens is 1. The number of halogens is 1. The van der Waals surface area contributed by atoms with Gasteiger partial charge in [-0.2, -0.15) is 0 Å². The molecule has 0 aliphatic heterocycles. The highest BCUT2D eigenvalue weighted by Gasteiger charge is 1.86. The van der Waals surface area contributed by atoms with Crippen molar-refractivity contribution in [2.45, 2.75) is 0 Å². The van der Waals surface area contributed by atoms with Gasteiger partial charge in [0, 0.05) is 6.20 Å². The molecular weight excluding hydrogens is 146 g/mol. The number of nitrogens with zero attached hydrogens (tertiary/aromatic N) is 1. The maximum Gasteiger partial charge on any atom is 0.129 e. The fourth-order valence-corrected chi connectivity index (χ4v) is 0.734. The van der Waals surface area contributed by atoms with Gasteiger partial charge in [0.25, 0.3) is 0 Å². The van der Waals surface area contributed by atoms with E-state index in [0.29, 0.717) is 5.15 Å². The Kier molecular flexibility index (Phi) is 2.46. The molecular formula is C8H7ClN. The van der Waals surface area contributed by atoms with Gasteiger partial charge in [0.2, 0.25) is 0 Å². The van der Waals surface area contributed by atoms with Gasteiger partial charge in [0.1, 0.15) is 5.15 Å². The van der Waals surface area contributed by atoms with Gasteiger partial charge in [-0.1, -0.05) is 29.8 Å². The molecule has 1 nitrogen and oxygen atoms in total. The molecule has 0 aliphatic rings. The molecule has 10 heavy (non-hydrogen) atoms. The van der Waals surface area contributed by atoms with Crippen LogP contribution in [0, 0.1) is 6.92 Å². The number of hydrogen-bond acceptors (Lipinski definition) is 1. The SMILES string of the molecule is [CH2]C=Cc1ccc(Cl)nc1. The Bertz CT molecular complexity index is 226. The van der Waals surface area contributed by atoms with Crippen LogP contribution in [0.1, 0.15) is 5.56 Å². The van der Waals surface area contributed by atoms with E-state index in [1.807, 2.05) is 12.1 Å². The smallest absolute Gasteiger partial charge is 0.129 e. The van der Waals surface area contributed by atoms with E-state index < -0.39 is 0 Å². The second kappa shape index (κ2) is 3.37. The molecule has 51 valence electrons. The second-order valence-electron chi connectivity index (χ2n) is 1.82. The van der Waals surface area contributed by atoms with Crippen LogP contribution in [-0.4, -0.2) is 4.98 Å². The molecule has 0 saturated carbocycles. The van der Waals surface area contributed by atoms with Crippen LogP contribution in [0.15, 0.2) is 24.4 Å². The van der Waals surface area contributed by atoms with Crippen LogP contribution < -0.4 is 0 Å². The van der Waals surface area contributed by atoms with Crippen molar-refractivity contribution in [2.75, 3.05) is 0 Å². The summed E-state index contributed by atoms with van der Waals surface area (Å²) < 4.78 is 0. The van der Waals surface area contributed by atoms with Gasteiger partial charge in [-0.25, -0.2) is 4.98 Å². The lowest BCUT2D eigenvalue weighted by molar-refractivity contribution is 1.32. The normalized spacial score (nSPS) is 10.6. The molecule has 0 spiro atoms. The molecule has 0 aromatic carbocycles. The lowest BCUT2D eigenvalue weighted by atomic mass is 10.3. The van der Waals surface area contributed by atoms with Crippen LogP contribution in [0.3, 0.4) is 0 Å². The standard InChI is InChI=1S/C8H7ClN/c1-2-3-7-4-5-8(9)10-6-7/h2-6H,1H2. The van der Waals surface area contributed by atoms with Gasteiger partial charge in [0.15, 0.2) is 0 Å². The van der Waals surface area contributed by atoms with Gasteiger partial charge in [-0.15, -0.1) is 0 Å². The molecule has 1 radical (unpaired) electrons. The van der Waals surface area contributed by atoms with Gasteiger partial charge < -0.3 is 0 Å². The largest absolute Gasteiger partial charge is 0.244 e. The molecule has 0 unspecified atom stereocenters. The van der Waals surface area contributed by atoms with Crippen molar-refractivity contribution < 1.29 is 0 Å². The summed E-state index contributed by atoms with van der Waals surface area (Å²) in [5.41, 5.74) is 1.01. The zero-order chi connectivity index (χ0) is 7.40. The predicted octanol–water partition coefficient (Wildman–Crippen LogP) is 2.58. The summed E-state index contributed by atoms with van der Waals surface area (Å²) in [4.78, 5) is 3.88. The minimum atomic E-state index is 0.515. The predicted molar refractivity (Wildman–Crippen MR) is 43.6 cm³/mol. The Morgan fingerprint density at radius 2 is 2.30 bits per heavy atom. The quantitative estimate of drug-likeness (QED) is 0.564. The molecule has 0 saturated heterocycles. The number of hydrogen-bond donors (Lipinski definition) is 0. The maximum absolute atomic E-state index is 5.56. The lowest BCUT2D eigenvalue weighted by Gasteiger charge is -1.90. The summed E-state index contributed by atoms with van der Waals surface area (Å²) >= 11 is 5.56. The Hall–Kier alpha value is -0.820. The molecule has 0 bridgehead atoms. The third kappa shape index (κ3) is 1.85. The Morgan fingerprint density at radius 3 is 2.80 bits per heavy atom. The fraction of sp³-hybridized carbons (Fsp3) is 0. The molecule has 1 heterocycles. The van der Waals surface area contributed by atoms with E-state index in [9.17, 15) is 0 Å². The average Bonchev–Trinajstić information content (AvgIpc) is 1.95. The van der Waals surface area contributed by atoms with Crippen LogP contribution in [0.2, 0.25) is 5.15 Å². The van der Waals surface area contributed by atoms with E-state index >= 15 is 0 Å². The monoisotopic (exact) mass is 152 g/mol. The maximum atomic E-state index is 5.56. The van der Waals surface area contributed by atoms with Crippen LogP contribution >= 0.6 is 11.6 Å². The van der Waals surface area contributed by atoms with Gasteiger partial charge in [0.05, 0.1) is 0 Å². The van der Waals surface area contributed by atoms with Crippen molar-refractivity contribution in [3.05, 3.63) is 42.0 Å². The van der Waals surface area contributed by atoms with Gasteiger partial charge in [-0.05, 0) is 18.6 Å². The average molecular weight is 153 g/mol. The fourth-order valence-electron chi connectivity index (χ4n) is 0.622. The zero-order valence-electron chi connectivity index (χ0n) is 5.42. The lowest BCUT2D eigenvalue weighted by Crippen LogP contribution is -1.75. The molecule has 2 heteroatoms. The first-order chi connectivity index (χ1) is 4.83. The molecule has 0 fully saturated rings. The first kappa shape index (κ1) is 7.29. The van der Waals surface area contributed by atoms with E-state index in [-0.39, 0.29) is 0 Å². The molecule has 1 rings (SSSR count). The van der Waals surface area contributed by atoms with Crippen LogP contribution in [-0.2, 0) is 0 Å². The van der Waals surface area contributed by atoms with E-state index in [4.69, 9.17) is 11.6 Å². The van der Waals surface area contributed by atoms with E-state index in [2.05, 4.69) is 11.9 Å². The van der Waals surface area contributed by atoms with Crippen LogP contribution in [0.25, 0.3) is 6.08 Å². The second-order valence-corrected chi connectivity index (χ2v) is 2.20. The van der Waals surface area contributed by atoms with Crippen molar-refractivity contribution in [1.29, 1.82) is 0 Å². The van der Waals surface area contributed by atoms with Gasteiger partial charge in [-0.3, -0.25) is 0 Å². The molecule has 1 aromatic heterocycles. The van der Waals surface area contributed by atoms with Crippen molar-refractivity contribution in [3.8, 4) is 0 Å². The molecule has 0 N–H and O–H groups in total. The molecule has 0 aliphatic carbocycles. The van der Waals surface area contributed by atoms with Crippen molar-refractivity contribution >= 4 is 17.7 Å². The highest BCUT2D eigenvalue weighted by molar-refractivity contribution is 6.29. The number of allylic oxidation sites excluding steroid dienone is 1. The first-order valence-electron chi connectivity index (χ1n) is 2.90. The van der Waals surface area contributed by atoms with Crippen molar-refractivity contribution in [3.63, 3.8) is 0 Å². The number of pyridine rings is 1. The Balaban J connectivity index is 2.89. The third-order valence-electron chi connectivity index (χ3n) is 1.06. The van der Waals surface area contributed by atoms with E-state index in [0.717, 1.165) is 5.56 Å². The van der Waals surface area contributed by atoms with Gasteiger partial charge >= 0.3 is 0 Å². The van der Waals surface area contributed by atoms with Crippen LogP contribution in [0.5, 0.6) is 0 Å².